The normalized spacial score (nSPS) is 12.9. The van der Waals surface area contributed by atoms with Gasteiger partial charge < -0.3 is 9.05 Å². The molecule has 0 bridgehead atoms. The fraction of sp³-hybridized carbons (Fsp3) is 0.444. The number of ether oxygens (including phenoxy) is 1. The smallest absolute Gasteiger partial charge is 0.0534 e. The van der Waals surface area contributed by atoms with E-state index >= 15 is 0 Å². The number of aliphatic imine (C=N–C) groups is 1. The van der Waals surface area contributed by atoms with Crippen LogP contribution in [-0.2, 0) is 29.5 Å². The molecule has 0 aliphatic carbocycles. The monoisotopic (exact) mass is 409 g/mol. The van der Waals surface area contributed by atoms with Crippen LogP contribution in [0.5, 0.6) is 5.75 Å². The molecule has 1 unspecified atom stereocenters. The predicted octanol–water partition coefficient (Wildman–Crippen LogP) is 2.96. The number of nitrogens with zero attached hydrogens (tertiary/aromatic N) is 1. The molecule has 0 aliphatic rings. The van der Waals surface area contributed by atoms with Gasteiger partial charge in [-0.1, -0.05) is 0 Å². The Kier molecular flexibility index (Phi) is 11.3. The van der Waals surface area contributed by atoms with Crippen LogP contribution in [0.1, 0.15) is 19.4 Å². The van der Waals surface area contributed by atoms with Crippen molar-refractivity contribution in [2.45, 2.75) is 26.3 Å². The van der Waals surface area contributed by atoms with E-state index in [1.807, 2.05) is 0 Å². The SMILES string of the molecule is CCOP(=O)(CC=CCOc1ccc(CC(N=CB=O)C(=O)O)cc1)OCC. The zero-order chi connectivity index (χ0) is 20.8. The molecule has 0 saturated heterocycles. The van der Waals surface area contributed by atoms with Gasteiger partial charge in [0.15, 0.2) is 0 Å². The Balaban J connectivity index is 2.52. The molecule has 0 saturated carbocycles. The molecular formula is C18H25BNO7P. The minimum Gasteiger partial charge on any atom is -0.309 e. The maximum atomic E-state index is 12.3. The van der Waals surface area contributed by atoms with Gasteiger partial charge in [0.25, 0.3) is 0 Å². The molecule has 1 N–H and O–H groups in total. The Bertz CT molecular complexity index is 711. The first-order chi connectivity index (χ1) is 13.4. The van der Waals surface area contributed by atoms with Gasteiger partial charge in [0.1, 0.15) is 0 Å². The summed E-state index contributed by atoms with van der Waals surface area (Å²) in [5.41, 5.74) is 0.757. The molecule has 0 spiro atoms. The standard InChI is InChI=1S/C18H25BNO7P/c1-3-26-28(24,27-4-2)12-6-5-11-25-16-9-7-15(8-10-16)13-17(18(21)22)20-14-19-23/h5-10,14,17H,3-4,11-13H2,1-2H3,(H,21,22). The first-order valence-corrected chi connectivity index (χ1v) is 10.6. The summed E-state index contributed by atoms with van der Waals surface area (Å²) in [6, 6.07) is 5.91. The summed E-state index contributed by atoms with van der Waals surface area (Å²) in [4.78, 5) is 14.8. The van der Waals surface area contributed by atoms with E-state index in [0.717, 1.165) is 11.7 Å². The van der Waals surface area contributed by atoms with E-state index in [2.05, 4.69) is 4.99 Å². The van der Waals surface area contributed by atoms with E-state index in [9.17, 15) is 14.1 Å². The maximum absolute atomic E-state index is 12.3. The second kappa shape index (κ2) is 13.2. The number of carbonyl (C=O) groups is 1. The third-order valence-corrected chi connectivity index (χ3v) is 5.42. The summed E-state index contributed by atoms with van der Waals surface area (Å²) in [5.74, 6) is -0.491. The Labute approximate surface area is 165 Å². The Morgan fingerprint density at radius 1 is 1.21 bits per heavy atom. The molecule has 1 aromatic carbocycles. The van der Waals surface area contributed by atoms with Crippen LogP contribution in [0.2, 0.25) is 0 Å². The molecule has 152 valence electrons. The Morgan fingerprint density at radius 3 is 2.39 bits per heavy atom. The quantitative estimate of drug-likeness (QED) is 0.218. The summed E-state index contributed by atoms with van der Waals surface area (Å²) < 4.78 is 38.5. The average molecular weight is 409 g/mol. The molecule has 0 heterocycles. The van der Waals surface area contributed by atoms with Crippen LogP contribution in [0.3, 0.4) is 0 Å². The van der Waals surface area contributed by atoms with Crippen molar-refractivity contribution in [3.63, 3.8) is 0 Å². The molecule has 1 rings (SSSR count). The number of hydrogen-bond donors (Lipinski definition) is 1. The Morgan fingerprint density at radius 2 is 1.86 bits per heavy atom. The molecular weight excluding hydrogens is 384 g/mol. The number of aliphatic carboxylic acids is 1. The Hall–Kier alpha value is -2.09. The summed E-state index contributed by atoms with van der Waals surface area (Å²) >= 11 is 0. The molecule has 8 nitrogen and oxygen atoms in total. The average Bonchev–Trinajstić information content (AvgIpc) is 2.66. The molecule has 0 radical (unpaired) electrons. The summed E-state index contributed by atoms with van der Waals surface area (Å²) in [6.45, 7) is 4.43. The fourth-order valence-corrected chi connectivity index (χ4v) is 3.72. The van der Waals surface area contributed by atoms with E-state index in [-0.39, 0.29) is 19.2 Å². The van der Waals surface area contributed by atoms with Gasteiger partial charge in [-0.05, 0) is 13.8 Å². The van der Waals surface area contributed by atoms with Crippen molar-refractivity contribution >= 4 is 26.8 Å². The van der Waals surface area contributed by atoms with Gasteiger partial charge in [-0.3, -0.25) is 4.57 Å². The first kappa shape index (κ1) is 24.0. The van der Waals surface area contributed by atoms with E-state index in [1.54, 1.807) is 50.3 Å². The van der Waals surface area contributed by atoms with Crippen LogP contribution in [0, 0.1) is 0 Å². The fourth-order valence-electron chi connectivity index (χ4n) is 2.24. The van der Waals surface area contributed by atoms with Crippen LogP contribution in [0.15, 0.2) is 41.4 Å². The first-order valence-electron chi connectivity index (χ1n) is 8.88. The number of allylic oxidation sites excluding steroid dienone is 1. The second-order valence-electron chi connectivity index (χ2n) is 5.55. The second-order valence-corrected chi connectivity index (χ2v) is 7.65. The van der Waals surface area contributed by atoms with Crippen LogP contribution < -0.4 is 4.74 Å². The zero-order valence-corrected chi connectivity index (χ0v) is 16.9. The van der Waals surface area contributed by atoms with Crippen molar-refractivity contribution in [2.75, 3.05) is 26.0 Å². The number of carboxylic acid groups (broad SMARTS) is 1. The van der Waals surface area contributed by atoms with Crippen LogP contribution in [-0.4, -0.2) is 56.4 Å². The van der Waals surface area contributed by atoms with E-state index in [0.29, 0.717) is 26.1 Å². The van der Waals surface area contributed by atoms with Gasteiger partial charge in [-0.25, -0.2) is 0 Å². The van der Waals surface area contributed by atoms with Crippen LogP contribution in [0.25, 0.3) is 0 Å². The van der Waals surface area contributed by atoms with E-state index in [4.69, 9.17) is 18.9 Å². The molecule has 10 heteroatoms. The number of hydrogen-bond acceptors (Lipinski definition) is 7. The zero-order valence-electron chi connectivity index (χ0n) is 16.0. The van der Waals surface area contributed by atoms with E-state index < -0.39 is 19.6 Å². The number of benzene rings is 1. The molecule has 28 heavy (non-hydrogen) atoms. The minimum absolute atomic E-state index is 0.171. The van der Waals surface area contributed by atoms with Crippen molar-refractivity contribution < 1.29 is 33.0 Å². The van der Waals surface area contributed by atoms with Gasteiger partial charge in [-0.15, -0.1) is 0 Å². The molecule has 0 aromatic heterocycles. The van der Waals surface area contributed by atoms with Crippen molar-refractivity contribution in [3.05, 3.63) is 42.0 Å². The molecule has 0 aliphatic heterocycles. The van der Waals surface area contributed by atoms with Crippen LogP contribution in [0.4, 0.5) is 0 Å². The summed E-state index contributed by atoms with van der Waals surface area (Å²) in [7, 11) is -2.65. The molecule has 1 aromatic rings. The molecule has 0 amide bonds. The number of rotatable bonds is 14. The van der Waals surface area contributed by atoms with Crippen molar-refractivity contribution in [1.29, 1.82) is 0 Å². The molecule has 1 atom stereocenters. The van der Waals surface area contributed by atoms with E-state index in [1.165, 1.54) is 0 Å². The third-order valence-electron chi connectivity index (χ3n) is 3.46. The molecule has 0 fully saturated rings. The summed E-state index contributed by atoms with van der Waals surface area (Å²) in [5, 5.41) is 9.11. The van der Waals surface area contributed by atoms with Crippen molar-refractivity contribution in [1.82, 2.24) is 0 Å². The van der Waals surface area contributed by atoms with Gasteiger partial charge in [-0.2, -0.15) is 0 Å². The van der Waals surface area contributed by atoms with Gasteiger partial charge >= 0.3 is 118 Å². The summed E-state index contributed by atoms with van der Waals surface area (Å²) in [6.07, 6.45) is 4.72. The van der Waals surface area contributed by atoms with Crippen molar-refractivity contribution in [2.24, 2.45) is 4.99 Å². The number of carboxylic acids is 1. The van der Waals surface area contributed by atoms with Crippen molar-refractivity contribution in [3.8, 4) is 5.75 Å². The van der Waals surface area contributed by atoms with Gasteiger partial charge in [0.05, 0.1) is 19.4 Å². The largest absolute Gasteiger partial charge is 0.309 e. The third kappa shape index (κ3) is 9.22. The predicted molar refractivity (Wildman–Crippen MR) is 107 cm³/mol. The van der Waals surface area contributed by atoms with Gasteiger partial charge in [0.2, 0.25) is 0 Å². The topological polar surface area (TPSA) is 111 Å². The van der Waals surface area contributed by atoms with Crippen LogP contribution >= 0.6 is 7.60 Å². The minimum atomic E-state index is -3.09. The van der Waals surface area contributed by atoms with Gasteiger partial charge in [0, 0.05) is 0 Å². The maximum Gasteiger partial charge on any atom is 0.0534 e.